The molecule has 0 aliphatic carbocycles. The molecule has 280 valence electrons. The average molecular weight is 734 g/mol. The van der Waals surface area contributed by atoms with E-state index in [1.165, 1.54) is 11.8 Å². The van der Waals surface area contributed by atoms with Crippen molar-refractivity contribution in [3.63, 3.8) is 0 Å². The zero-order chi connectivity index (χ0) is 38.3. The molecule has 1 unspecified atom stereocenters. The van der Waals surface area contributed by atoms with E-state index in [1.54, 1.807) is 81.4 Å². The van der Waals surface area contributed by atoms with Gasteiger partial charge in [0.1, 0.15) is 12.2 Å². The van der Waals surface area contributed by atoms with Crippen LogP contribution in [0.25, 0.3) is 0 Å². The predicted molar refractivity (Wildman–Crippen MR) is 178 cm³/mol. The van der Waals surface area contributed by atoms with E-state index in [0.717, 1.165) is 0 Å². The van der Waals surface area contributed by atoms with Crippen molar-refractivity contribution in [2.45, 2.75) is 102 Å². The highest BCUT2D eigenvalue weighted by Gasteiger charge is 2.52. The molecule has 1 aliphatic rings. The SMILES string of the molecule is C[C@@H](OCC1(c2ccccc2)CC[C@H](NC(=O)OC(C)(C)C)[C@@H](CCC#N)N1C(=O)OCc1ccccc1)c1cc(C(F)(F)F)cc(C(F)(F)F)c1. The van der Waals surface area contributed by atoms with Crippen LogP contribution in [0.4, 0.5) is 35.9 Å². The smallest absolute Gasteiger partial charge is 0.416 e. The largest absolute Gasteiger partial charge is 0.445 e. The van der Waals surface area contributed by atoms with E-state index >= 15 is 0 Å². The average Bonchev–Trinajstić information content (AvgIpc) is 3.08. The Balaban J connectivity index is 1.80. The first-order valence-corrected chi connectivity index (χ1v) is 16.7. The molecule has 0 radical (unpaired) electrons. The Morgan fingerprint density at radius 3 is 2.06 bits per heavy atom. The number of nitrogens with zero attached hydrogens (tertiary/aromatic N) is 2. The lowest BCUT2D eigenvalue weighted by atomic mass is 9.75. The summed E-state index contributed by atoms with van der Waals surface area (Å²) in [4.78, 5) is 28.8. The highest BCUT2D eigenvalue weighted by molar-refractivity contribution is 5.72. The van der Waals surface area contributed by atoms with Crippen LogP contribution in [0.15, 0.2) is 78.9 Å². The number of nitrogens with one attached hydrogen (secondary N) is 1. The zero-order valence-electron chi connectivity index (χ0n) is 29.2. The maximum Gasteiger partial charge on any atom is 0.416 e. The molecule has 4 rings (SSSR count). The second-order valence-corrected chi connectivity index (χ2v) is 13.7. The molecule has 0 spiro atoms. The minimum atomic E-state index is -5.06. The van der Waals surface area contributed by atoms with Gasteiger partial charge in [-0.25, -0.2) is 9.59 Å². The number of halogens is 6. The van der Waals surface area contributed by atoms with Gasteiger partial charge in [0, 0.05) is 6.42 Å². The van der Waals surface area contributed by atoms with Crippen molar-refractivity contribution in [3.05, 3.63) is 107 Å². The standard InChI is InChI=1S/C38H41F6N3O5/c1-25(27-20-29(37(39,40)41)22-30(21-27)38(42,43)44)51-24-36(28-14-9-6-10-15-28)18-17-31(46-33(48)52-35(2,3)4)32(16-11-19-45)47(36)34(49)50-23-26-12-7-5-8-13-26/h5-10,12-15,20-22,25,31-32H,11,16-18,23-24H2,1-4H3,(H,46,48)/t25-,31+,32-,36?/m1/s1. The molecule has 1 saturated heterocycles. The number of alkyl carbamates (subject to hydrolysis) is 1. The van der Waals surface area contributed by atoms with Gasteiger partial charge in [-0.1, -0.05) is 60.7 Å². The van der Waals surface area contributed by atoms with Crippen LogP contribution < -0.4 is 5.32 Å². The second kappa shape index (κ2) is 16.3. The Morgan fingerprint density at radius 1 is 0.942 bits per heavy atom. The number of benzene rings is 3. The summed E-state index contributed by atoms with van der Waals surface area (Å²) in [5.74, 6) is 0. The molecule has 1 N–H and O–H groups in total. The first-order chi connectivity index (χ1) is 24.3. The lowest BCUT2D eigenvalue weighted by Crippen LogP contribution is -2.66. The molecule has 52 heavy (non-hydrogen) atoms. The van der Waals surface area contributed by atoms with Gasteiger partial charge in [-0.15, -0.1) is 0 Å². The fourth-order valence-electron chi connectivity index (χ4n) is 6.30. The number of piperidine rings is 1. The Hall–Kier alpha value is -4.77. The fourth-order valence-corrected chi connectivity index (χ4v) is 6.30. The van der Waals surface area contributed by atoms with Gasteiger partial charge in [0.05, 0.1) is 47.5 Å². The highest BCUT2D eigenvalue weighted by atomic mass is 19.4. The van der Waals surface area contributed by atoms with Gasteiger partial charge in [-0.05, 0) is 81.8 Å². The third-order valence-corrected chi connectivity index (χ3v) is 8.74. The van der Waals surface area contributed by atoms with Gasteiger partial charge in [0.15, 0.2) is 0 Å². The number of hydrogen-bond donors (Lipinski definition) is 1. The van der Waals surface area contributed by atoms with Crippen molar-refractivity contribution in [2.75, 3.05) is 6.61 Å². The third kappa shape index (κ3) is 10.2. The molecule has 0 bridgehead atoms. The van der Waals surface area contributed by atoms with Gasteiger partial charge in [-0.3, -0.25) is 4.90 Å². The van der Waals surface area contributed by atoms with E-state index in [9.17, 15) is 41.2 Å². The van der Waals surface area contributed by atoms with Gasteiger partial charge < -0.3 is 19.5 Å². The van der Waals surface area contributed by atoms with E-state index in [-0.39, 0.29) is 43.9 Å². The molecule has 1 aliphatic heterocycles. The van der Waals surface area contributed by atoms with Gasteiger partial charge >= 0.3 is 24.5 Å². The third-order valence-electron chi connectivity index (χ3n) is 8.74. The van der Waals surface area contributed by atoms with E-state index in [2.05, 4.69) is 11.4 Å². The number of nitriles is 1. The summed E-state index contributed by atoms with van der Waals surface area (Å²) < 4.78 is 99.9. The van der Waals surface area contributed by atoms with Gasteiger partial charge in [-0.2, -0.15) is 31.6 Å². The van der Waals surface area contributed by atoms with Crippen molar-refractivity contribution >= 4 is 12.2 Å². The van der Waals surface area contributed by atoms with Gasteiger partial charge in [0.25, 0.3) is 0 Å². The maximum atomic E-state index is 14.4. The number of amides is 2. The number of alkyl halides is 6. The molecule has 1 heterocycles. The summed E-state index contributed by atoms with van der Waals surface area (Å²) in [5, 5.41) is 12.5. The monoisotopic (exact) mass is 733 g/mol. The van der Waals surface area contributed by atoms with Crippen LogP contribution in [0.1, 0.15) is 87.3 Å². The van der Waals surface area contributed by atoms with Crippen molar-refractivity contribution < 1.29 is 50.1 Å². The summed E-state index contributed by atoms with van der Waals surface area (Å²) >= 11 is 0. The first kappa shape index (κ1) is 40.0. The van der Waals surface area contributed by atoms with Crippen molar-refractivity contribution in [2.24, 2.45) is 0 Å². The summed E-state index contributed by atoms with van der Waals surface area (Å²) in [5.41, 5.74) is -4.39. The summed E-state index contributed by atoms with van der Waals surface area (Å²) in [6.07, 6.45) is -12.6. The van der Waals surface area contributed by atoms with Crippen LogP contribution in [-0.4, -0.2) is 41.4 Å². The van der Waals surface area contributed by atoms with Crippen molar-refractivity contribution in [3.8, 4) is 6.07 Å². The number of carbonyl (C=O) groups excluding carboxylic acids is 2. The summed E-state index contributed by atoms with van der Waals surface area (Å²) in [6, 6.07) is 19.2. The molecular weight excluding hydrogens is 692 g/mol. The minimum Gasteiger partial charge on any atom is -0.445 e. The number of hydrogen-bond acceptors (Lipinski definition) is 6. The predicted octanol–water partition coefficient (Wildman–Crippen LogP) is 9.70. The number of ether oxygens (including phenoxy) is 3. The minimum absolute atomic E-state index is 0.0355. The maximum absolute atomic E-state index is 14.4. The zero-order valence-corrected chi connectivity index (χ0v) is 29.2. The van der Waals surface area contributed by atoms with Crippen LogP contribution in [-0.2, 0) is 38.7 Å². The van der Waals surface area contributed by atoms with E-state index < -0.39 is 71.6 Å². The van der Waals surface area contributed by atoms with Crippen LogP contribution in [0.3, 0.4) is 0 Å². The Kier molecular flexibility index (Phi) is 12.5. The Morgan fingerprint density at radius 2 is 1.52 bits per heavy atom. The molecule has 14 heteroatoms. The quantitative estimate of drug-likeness (QED) is 0.208. The lowest BCUT2D eigenvalue weighted by molar-refractivity contribution is -0.143. The van der Waals surface area contributed by atoms with Crippen LogP contribution in [0.5, 0.6) is 0 Å². The van der Waals surface area contributed by atoms with Crippen LogP contribution >= 0.6 is 0 Å². The number of likely N-dealkylation sites (tertiary alicyclic amines) is 1. The van der Waals surface area contributed by atoms with Crippen LogP contribution in [0.2, 0.25) is 0 Å². The molecule has 1 fully saturated rings. The number of carbonyl (C=O) groups is 2. The Bertz CT molecular complexity index is 1670. The highest BCUT2D eigenvalue weighted by Crippen LogP contribution is 2.44. The van der Waals surface area contributed by atoms with Crippen molar-refractivity contribution in [1.29, 1.82) is 5.26 Å². The molecule has 0 aromatic heterocycles. The van der Waals surface area contributed by atoms with Gasteiger partial charge in [0.2, 0.25) is 0 Å². The molecule has 4 atom stereocenters. The van der Waals surface area contributed by atoms with Crippen molar-refractivity contribution in [1.82, 2.24) is 10.2 Å². The second-order valence-electron chi connectivity index (χ2n) is 13.7. The molecular formula is C38H41F6N3O5. The summed E-state index contributed by atoms with van der Waals surface area (Å²) in [6.45, 7) is 5.87. The first-order valence-electron chi connectivity index (χ1n) is 16.7. The summed E-state index contributed by atoms with van der Waals surface area (Å²) in [7, 11) is 0. The molecule has 2 amide bonds. The van der Waals surface area contributed by atoms with E-state index in [0.29, 0.717) is 23.3 Å². The van der Waals surface area contributed by atoms with Crippen LogP contribution in [0, 0.1) is 11.3 Å². The topological polar surface area (TPSA) is 101 Å². The van der Waals surface area contributed by atoms with E-state index in [4.69, 9.17) is 14.2 Å². The normalized spacial score (nSPS) is 20.1. The Labute approximate surface area is 298 Å². The molecule has 8 nitrogen and oxygen atoms in total. The lowest BCUT2D eigenvalue weighted by Gasteiger charge is -2.53. The fraction of sp³-hybridized carbons (Fsp3) is 0.447. The molecule has 3 aromatic rings. The molecule has 0 saturated carbocycles. The number of rotatable bonds is 10. The molecule has 3 aromatic carbocycles. The van der Waals surface area contributed by atoms with E-state index in [1.807, 2.05) is 0 Å².